The van der Waals surface area contributed by atoms with E-state index in [1.807, 2.05) is 36.0 Å². The second-order valence-corrected chi connectivity index (χ2v) is 6.12. The molecule has 0 aromatic heterocycles. The quantitative estimate of drug-likeness (QED) is 0.915. The largest absolute Gasteiger partial charge is 0.497 e. The molecule has 2 rings (SSSR count). The van der Waals surface area contributed by atoms with Crippen molar-refractivity contribution < 1.29 is 9.53 Å². The van der Waals surface area contributed by atoms with Crippen molar-refractivity contribution in [3.63, 3.8) is 0 Å². The number of carbonyl (C=O) groups is 1. The minimum Gasteiger partial charge on any atom is -0.497 e. The molecule has 92 valence electrons. The van der Waals surface area contributed by atoms with E-state index in [1.54, 1.807) is 18.9 Å². The molecular formula is C12H15NO2S2. The van der Waals surface area contributed by atoms with Gasteiger partial charge in [-0.25, -0.2) is 0 Å². The molecular weight excluding hydrogens is 254 g/mol. The van der Waals surface area contributed by atoms with Crippen LogP contribution in [-0.4, -0.2) is 35.5 Å². The van der Waals surface area contributed by atoms with Gasteiger partial charge in [0.25, 0.3) is 0 Å². The van der Waals surface area contributed by atoms with E-state index < -0.39 is 0 Å². The van der Waals surface area contributed by atoms with E-state index in [4.69, 9.17) is 4.74 Å². The topological polar surface area (TPSA) is 38.3 Å². The minimum atomic E-state index is 0.0694. The molecule has 17 heavy (non-hydrogen) atoms. The van der Waals surface area contributed by atoms with Crippen LogP contribution in [0.4, 0.5) is 5.69 Å². The van der Waals surface area contributed by atoms with Crippen molar-refractivity contribution in [2.75, 3.05) is 29.7 Å². The summed E-state index contributed by atoms with van der Waals surface area (Å²) in [6, 6.07) is 7.44. The van der Waals surface area contributed by atoms with Crippen LogP contribution in [0.3, 0.4) is 0 Å². The zero-order valence-electron chi connectivity index (χ0n) is 9.64. The fourth-order valence-electron chi connectivity index (χ4n) is 1.56. The molecule has 1 aromatic rings. The van der Waals surface area contributed by atoms with Gasteiger partial charge in [-0.05, 0) is 12.1 Å². The lowest BCUT2D eigenvalue weighted by Gasteiger charge is -2.20. The van der Waals surface area contributed by atoms with Gasteiger partial charge in [-0.3, -0.25) is 4.79 Å². The van der Waals surface area contributed by atoms with E-state index in [0.29, 0.717) is 0 Å². The molecule has 1 aromatic carbocycles. The first-order valence-corrected chi connectivity index (χ1v) is 7.64. The molecule has 0 bridgehead atoms. The normalized spacial score (nSPS) is 19.7. The average molecular weight is 269 g/mol. The van der Waals surface area contributed by atoms with Crippen LogP contribution in [0, 0.1) is 0 Å². The fraction of sp³-hybridized carbons (Fsp3) is 0.417. The Morgan fingerprint density at radius 3 is 3.06 bits per heavy atom. The summed E-state index contributed by atoms with van der Waals surface area (Å²) in [4.78, 5) is 12.0. The van der Waals surface area contributed by atoms with Crippen molar-refractivity contribution >= 4 is 35.1 Å². The monoisotopic (exact) mass is 269 g/mol. The van der Waals surface area contributed by atoms with Gasteiger partial charge in [0, 0.05) is 29.0 Å². The third-order valence-corrected chi connectivity index (χ3v) is 5.20. The first-order valence-electron chi connectivity index (χ1n) is 5.44. The molecule has 1 heterocycles. The summed E-state index contributed by atoms with van der Waals surface area (Å²) in [5.74, 6) is 3.96. The molecule has 1 atom stereocenters. The zero-order valence-corrected chi connectivity index (χ0v) is 11.3. The van der Waals surface area contributed by atoms with Gasteiger partial charge in [-0.1, -0.05) is 6.07 Å². The van der Waals surface area contributed by atoms with Crippen molar-refractivity contribution in [2.45, 2.75) is 5.25 Å². The molecule has 1 amide bonds. The van der Waals surface area contributed by atoms with Crippen molar-refractivity contribution in [3.05, 3.63) is 24.3 Å². The Morgan fingerprint density at radius 1 is 1.47 bits per heavy atom. The molecule has 1 aliphatic heterocycles. The molecule has 1 unspecified atom stereocenters. The second kappa shape index (κ2) is 6.21. The highest BCUT2D eigenvalue weighted by Crippen LogP contribution is 2.25. The third kappa shape index (κ3) is 3.57. The lowest BCUT2D eigenvalue weighted by atomic mass is 10.3. The van der Waals surface area contributed by atoms with E-state index in [-0.39, 0.29) is 11.2 Å². The minimum absolute atomic E-state index is 0.0694. The number of nitrogens with one attached hydrogen (secondary N) is 1. The Hall–Kier alpha value is -0.810. The van der Waals surface area contributed by atoms with Crippen LogP contribution in [0.1, 0.15) is 0 Å². The first-order chi connectivity index (χ1) is 8.29. The Bertz CT molecular complexity index is 392. The molecule has 1 fully saturated rings. The summed E-state index contributed by atoms with van der Waals surface area (Å²) in [5.41, 5.74) is 0.797. The molecule has 3 nitrogen and oxygen atoms in total. The SMILES string of the molecule is COc1cccc(NC(=O)C2CSCCS2)c1. The summed E-state index contributed by atoms with van der Waals surface area (Å²) < 4.78 is 5.12. The van der Waals surface area contributed by atoms with Gasteiger partial charge in [0.2, 0.25) is 5.91 Å². The highest BCUT2D eigenvalue weighted by molar-refractivity contribution is 8.07. The lowest BCUT2D eigenvalue weighted by molar-refractivity contribution is -0.115. The third-order valence-electron chi connectivity index (χ3n) is 2.45. The predicted octanol–water partition coefficient (Wildman–Crippen LogP) is 2.48. The van der Waals surface area contributed by atoms with Gasteiger partial charge in [0.05, 0.1) is 12.4 Å². The predicted molar refractivity (Wildman–Crippen MR) is 75.2 cm³/mol. The molecule has 0 aliphatic carbocycles. The molecule has 0 spiro atoms. The maximum atomic E-state index is 12.0. The number of thioether (sulfide) groups is 2. The smallest absolute Gasteiger partial charge is 0.238 e. The van der Waals surface area contributed by atoms with Crippen LogP contribution in [0.15, 0.2) is 24.3 Å². The summed E-state index contributed by atoms with van der Waals surface area (Å²) in [7, 11) is 1.62. The van der Waals surface area contributed by atoms with E-state index >= 15 is 0 Å². The van der Waals surface area contributed by atoms with Crippen molar-refractivity contribution in [3.8, 4) is 5.75 Å². The van der Waals surface area contributed by atoms with Crippen LogP contribution in [0.25, 0.3) is 0 Å². The van der Waals surface area contributed by atoms with Crippen molar-refractivity contribution in [1.29, 1.82) is 0 Å². The number of ether oxygens (including phenoxy) is 1. The number of benzene rings is 1. The lowest BCUT2D eigenvalue weighted by Crippen LogP contribution is -2.30. The van der Waals surface area contributed by atoms with Crippen molar-refractivity contribution in [2.24, 2.45) is 0 Å². The van der Waals surface area contributed by atoms with E-state index in [0.717, 1.165) is 28.7 Å². The summed E-state index contributed by atoms with van der Waals surface area (Å²) in [6.07, 6.45) is 0. The number of anilines is 1. The van der Waals surface area contributed by atoms with Gasteiger partial charge in [0.15, 0.2) is 0 Å². The summed E-state index contributed by atoms with van der Waals surface area (Å²) in [6.45, 7) is 0. The van der Waals surface area contributed by atoms with Crippen LogP contribution in [-0.2, 0) is 4.79 Å². The highest BCUT2D eigenvalue weighted by Gasteiger charge is 2.22. The number of carbonyl (C=O) groups excluding carboxylic acids is 1. The molecule has 0 radical (unpaired) electrons. The highest BCUT2D eigenvalue weighted by atomic mass is 32.2. The zero-order chi connectivity index (χ0) is 12.1. The Morgan fingerprint density at radius 2 is 2.35 bits per heavy atom. The Labute approximate surface area is 110 Å². The molecule has 5 heteroatoms. The number of rotatable bonds is 3. The molecule has 0 saturated carbocycles. The first kappa shape index (κ1) is 12.6. The van der Waals surface area contributed by atoms with Gasteiger partial charge >= 0.3 is 0 Å². The van der Waals surface area contributed by atoms with Crippen LogP contribution < -0.4 is 10.1 Å². The van der Waals surface area contributed by atoms with Crippen LogP contribution in [0.2, 0.25) is 0 Å². The molecule has 1 aliphatic rings. The second-order valence-electron chi connectivity index (χ2n) is 3.66. The van der Waals surface area contributed by atoms with E-state index in [9.17, 15) is 4.79 Å². The molecule has 1 N–H and O–H groups in total. The Kier molecular flexibility index (Phi) is 4.62. The van der Waals surface area contributed by atoms with Gasteiger partial charge in [-0.15, -0.1) is 11.8 Å². The van der Waals surface area contributed by atoms with Gasteiger partial charge < -0.3 is 10.1 Å². The van der Waals surface area contributed by atoms with Crippen LogP contribution >= 0.6 is 23.5 Å². The fourth-order valence-corrected chi connectivity index (χ4v) is 4.12. The van der Waals surface area contributed by atoms with Crippen LogP contribution in [0.5, 0.6) is 5.75 Å². The maximum absolute atomic E-state index is 12.0. The summed E-state index contributed by atoms with van der Waals surface area (Å²) in [5, 5.41) is 3.00. The van der Waals surface area contributed by atoms with E-state index in [1.165, 1.54) is 0 Å². The standard InChI is InChI=1S/C12H15NO2S2/c1-15-10-4-2-3-9(7-10)13-12(14)11-8-16-5-6-17-11/h2-4,7,11H,5-6,8H2,1H3,(H,13,14). The van der Waals surface area contributed by atoms with Gasteiger partial charge in [0.1, 0.15) is 5.75 Å². The number of hydrogen-bond donors (Lipinski definition) is 1. The van der Waals surface area contributed by atoms with Gasteiger partial charge in [-0.2, -0.15) is 11.8 Å². The van der Waals surface area contributed by atoms with Crippen molar-refractivity contribution in [1.82, 2.24) is 0 Å². The number of methoxy groups -OCH3 is 1. The number of hydrogen-bond acceptors (Lipinski definition) is 4. The maximum Gasteiger partial charge on any atom is 0.238 e. The number of amides is 1. The van der Waals surface area contributed by atoms with E-state index in [2.05, 4.69) is 5.32 Å². The summed E-state index contributed by atoms with van der Waals surface area (Å²) >= 11 is 3.58. The Balaban J connectivity index is 1.96. The molecule has 1 saturated heterocycles. The average Bonchev–Trinajstić information content (AvgIpc) is 2.40.